The predicted octanol–water partition coefficient (Wildman–Crippen LogP) is 4.31. The van der Waals surface area contributed by atoms with E-state index in [1.54, 1.807) is 0 Å². The summed E-state index contributed by atoms with van der Waals surface area (Å²) >= 11 is 0. The van der Waals surface area contributed by atoms with Crippen LogP contribution in [0.1, 0.15) is 64.7 Å². The van der Waals surface area contributed by atoms with E-state index in [-0.39, 0.29) is 0 Å². The molecule has 0 amide bonds. The number of allylic oxidation sites excluding steroid dienone is 1. The molecule has 2 aliphatic carbocycles. The summed E-state index contributed by atoms with van der Waals surface area (Å²) in [5.74, 6) is 2.03. The number of piperidine rings is 1. The summed E-state index contributed by atoms with van der Waals surface area (Å²) < 4.78 is 11.7. The highest BCUT2D eigenvalue weighted by atomic mass is 16.7. The fraction of sp³-hybridized carbons (Fsp3) is 0.920. The van der Waals surface area contributed by atoms with E-state index >= 15 is 0 Å². The number of hydrogen-bond acceptors (Lipinski definition) is 4. The Balaban J connectivity index is 1.18. The van der Waals surface area contributed by atoms with Crippen LogP contribution in [0.25, 0.3) is 0 Å². The molecule has 0 N–H and O–H groups in total. The first-order valence-electron chi connectivity index (χ1n) is 12.5. The Morgan fingerprint density at radius 1 is 1.07 bits per heavy atom. The summed E-state index contributed by atoms with van der Waals surface area (Å²) in [4.78, 5) is 5.52. The van der Waals surface area contributed by atoms with Gasteiger partial charge in [-0.2, -0.15) is 0 Å². The number of rotatable bonds is 4. The zero-order chi connectivity index (χ0) is 19.8. The fourth-order valence-electron chi connectivity index (χ4n) is 7.77. The molecule has 0 spiro atoms. The van der Waals surface area contributed by atoms with Crippen molar-refractivity contribution in [2.24, 2.45) is 23.2 Å². The highest BCUT2D eigenvalue weighted by molar-refractivity contribution is 5.15. The van der Waals surface area contributed by atoms with Crippen LogP contribution >= 0.6 is 0 Å². The van der Waals surface area contributed by atoms with E-state index in [0.717, 1.165) is 18.6 Å². The maximum absolute atomic E-state index is 5.99. The van der Waals surface area contributed by atoms with Gasteiger partial charge >= 0.3 is 0 Å². The third-order valence-electron chi connectivity index (χ3n) is 9.50. The van der Waals surface area contributed by atoms with Gasteiger partial charge in [-0.25, -0.2) is 0 Å². The van der Waals surface area contributed by atoms with Crippen molar-refractivity contribution in [1.29, 1.82) is 0 Å². The van der Waals surface area contributed by atoms with Crippen molar-refractivity contribution in [3.8, 4) is 0 Å². The zero-order valence-electron chi connectivity index (χ0n) is 18.6. The van der Waals surface area contributed by atoms with Crippen molar-refractivity contribution < 1.29 is 9.47 Å². The minimum Gasteiger partial charge on any atom is -0.355 e. The van der Waals surface area contributed by atoms with Crippen LogP contribution in [0.15, 0.2) is 12.2 Å². The number of ether oxygens (including phenoxy) is 2. The maximum atomic E-state index is 5.99. The second kappa shape index (κ2) is 8.61. The lowest BCUT2D eigenvalue weighted by Crippen LogP contribution is -2.54. The Morgan fingerprint density at radius 3 is 2.66 bits per heavy atom. The highest BCUT2D eigenvalue weighted by Crippen LogP contribution is 2.58. The maximum Gasteiger partial charge on any atom is 0.147 e. The minimum absolute atomic E-state index is 0.397. The van der Waals surface area contributed by atoms with Crippen LogP contribution in [0.5, 0.6) is 0 Å². The van der Waals surface area contributed by atoms with Gasteiger partial charge in [0.2, 0.25) is 0 Å². The summed E-state index contributed by atoms with van der Waals surface area (Å²) in [6.07, 6.45) is 12.4. The van der Waals surface area contributed by atoms with Crippen LogP contribution in [0.2, 0.25) is 0 Å². The quantitative estimate of drug-likeness (QED) is 0.654. The molecule has 0 radical (unpaired) electrons. The van der Waals surface area contributed by atoms with Crippen molar-refractivity contribution in [2.75, 3.05) is 46.1 Å². The first-order valence-corrected chi connectivity index (χ1v) is 12.5. The van der Waals surface area contributed by atoms with Crippen molar-refractivity contribution in [2.45, 2.75) is 76.9 Å². The van der Waals surface area contributed by atoms with Crippen LogP contribution in [0.3, 0.4) is 0 Å². The summed E-state index contributed by atoms with van der Waals surface area (Å²) in [6, 6.07) is 0.863. The van der Waals surface area contributed by atoms with Gasteiger partial charge in [0, 0.05) is 12.0 Å². The SMILES string of the molecule is C=C1CCC2C3COCOC3CCC2(C)C1CCN1CCC(N2CCCC2)CC1. The largest absolute Gasteiger partial charge is 0.355 e. The van der Waals surface area contributed by atoms with Crippen molar-refractivity contribution >= 4 is 0 Å². The average Bonchev–Trinajstić information content (AvgIpc) is 3.28. The summed E-state index contributed by atoms with van der Waals surface area (Å²) in [5, 5.41) is 0. The first-order chi connectivity index (χ1) is 14.1. The van der Waals surface area contributed by atoms with Crippen LogP contribution in [0.4, 0.5) is 0 Å². The van der Waals surface area contributed by atoms with Gasteiger partial charge < -0.3 is 19.3 Å². The molecule has 0 aromatic rings. The topological polar surface area (TPSA) is 24.9 Å². The molecule has 3 aliphatic heterocycles. The number of nitrogens with zero attached hydrogens (tertiary/aromatic N) is 2. The molecule has 5 unspecified atom stereocenters. The molecule has 5 aliphatic rings. The average molecular weight is 403 g/mol. The lowest BCUT2D eigenvalue weighted by atomic mass is 9.50. The Bertz CT molecular complexity index is 581. The number of hydrogen-bond donors (Lipinski definition) is 0. The zero-order valence-corrected chi connectivity index (χ0v) is 18.6. The standard InChI is InChI=1S/C25H42N2O2/c1-19-5-6-23-21-17-28-18-29-24(21)7-11-25(23,2)22(19)10-16-26-14-8-20(9-15-26)27-12-3-4-13-27/h20-24H,1,3-18H2,2H3. The monoisotopic (exact) mass is 402 g/mol. The Morgan fingerprint density at radius 2 is 1.86 bits per heavy atom. The van der Waals surface area contributed by atoms with Gasteiger partial charge in [0.15, 0.2) is 0 Å². The van der Waals surface area contributed by atoms with Crippen LogP contribution in [-0.2, 0) is 9.47 Å². The molecule has 2 saturated carbocycles. The Labute approximate surface area is 178 Å². The molecule has 3 saturated heterocycles. The van der Waals surface area contributed by atoms with E-state index in [1.165, 1.54) is 96.1 Å². The third-order valence-corrected chi connectivity index (χ3v) is 9.50. The molecule has 0 aromatic carbocycles. The summed E-state index contributed by atoms with van der Waals surface area (Å²) in [7, 11) is 0. The number of fused-ring (bicyclic) bond motifs is 3. The molecule has 3 heterocycles. The second-order valence-electron chi connectivity index (χ2n) is 10.9. The number of likely N-dealkylation sites (tertiary alicyclic amines) is 2. The van der Waals surface area contributed by atoms with E-state index in [9.17, 15) is 0 Å². The molecular formula is C25H42N2O2. The Kier molecular flexibility index (Phi) is 6.08. The molecule has 5 atom stereocenters. The van der Waals surface area contributed by atoms with Crippen molar-refractivity contribution in [3.05, 3.63) is 12.2 Å². The highest BCUT2D eigenvalue weighted by Gasteiger charge is 2.53. The molecule has 0 bridgehead atoms. The van der Waals surface area contributed by atoms with Crippen LogP contribution in [0, 0.1) is 23.2 Å². The molecule has 5 fully saturated rings. The molecule has 4 nitrogen and oxygen atoms in total. The molecule has 29 heavy (non-hydrogen) atoms. The fourth-order valence-corrected chi connectivity index (χ4v) is 7.77. The van der Waals surface area contributed by atoms with Crippen molar-refractivity contribution in [3.63, 3.8) is 0 Å². The minimum atomic E-state index is 0.397. The smallest absolute Gasteiger partial charge is 0.147 e. The lowest BCUT2D eigenvalue weighted by molar-refractivity contribution is -0.218. The molecule has 4 heteroatoms. The lowest BCUT2D eigenvalue weighted by Gasteiger charge is -2.57. The summed E-state index contributed by atoms with van der Waals surface area (Å²) in [6.45, 7) is 15.1. The summed E-state index contributed by atoms with van der Waals surface area (Å²) in [5.41, 5.74) is 1.93. The van der Waals surface area contributed by atoms with Crippen LogP contribution < -0.4 is 0 Å². The molecule has 5 rings (SSSR count). The van der Waals surface area contributed by atoms with Gasteiger partial charge in [0.05, 0.1) is 12.7 Å². The van der Waals surface area contributed by atoms with E-state index in [4.69, 9.17) is 9.47 Å². The predicted molar refractivity (Wildman–Crippen MR) is 117 cm³/mol. The van der Waals surface area contributed by atoms with Gasteiger partial charge in [0.25, 0.3) is 0 Å². The van der Waals surface area contributed by atoms with Gasteiger partial charge in [0.1, 0.15) is 6.79 Å². The van der Waals surface area contributed by atoms with Gasteiger partial charge in [-0.15, -0.1) is 0 Å². The Hall–Kier alpha value is -0.420. The van der Waals surface area contributed by atoms with E-state index in [0.29, 0.717) is 30.1 Å². The van der Waals surface area contributed by atoms with Gasteiger partial charge in [-0.1, -0.05) is 19.1 Å². The van der Waals surface area contributed by atoms with Crippen LogP contribution in [-0.4, -0.2) is 68.1 Å². The van der Waals surface area contributed by atoms with E-state index in [1.807, 2.05) is 0 Å². The van der Waals surface area contributed by atoms with Crippen molar-refractivity contribution in [1.82, 2.24) is 9.80 Å². The molecular weight excluding hydrogens is 360 g/mol. The molecule has 164 valence electrons. The van der Waals surface area contributed by atoms with E-state index < -0.39 is 0 Å². The van der Waals surface area contributed by atoms with E-state index in [2.05, 4.69) is 23.3 Å². The van der Waals surface area contributed by atoms with Gasteiger partial charge in [-0.05, 0) is 108 Å². The second-order valence-corrected chi connectivity index (χ2v) is 10.9. The molecule has 0 aromatic heterocycles. The first kappa shape index (κ1) is 20.5. The third kappa shape index (κ3) is 3.95. The van der Waals surface area contributed by atoms with Gasteiger partial charge in [-0.3, -0.25) is 0 Å². The normalized spacial score (nSPS) is 42.6.